The zero-order chi connectivity index (χ0) is 17.2. The van der Waals surface area contributed by atoms with Crippen LogP contribution in [-0.2, 0) is 6.54 Å². The first-order valence-electron chi connectivity index (χ1n) is 8.25. The van der Waals surface area contributed by atoms with Gasteiger partial charge in [-0.3, -0.25) is 14.7 Å². The fraction of sp³-hybridized carbons (Fsp3) is 0.278. The van der Waals surface area contributed by atoms with Gasteiger partial charge in [-0.25, -0.2) is 9.37 Å². The van der Waals surface area contributed by atoms with Crippen LogP contribution < -0.4 is 0 Å². The highest BCUT2D eigenvalue weighted by atomic mass is 19.1. The average molecular weight is 339 g/mol. The highest BCUT2D eigenvalue weighted by Crippen LogP contribution is 2.14. The van der Waals surface area contributed by atoms with Gasteiger partial charge in [0.2, 0.25) is 0 Å². The van der Waals surface area contributed by atoms with Gasteiger partial charge in [-0.2, -0.15) is 0 Å². The number of para-hydroxylation sites is 2. The molecule has 1 aromatic carbocycles. The summed E-state index contributed by atoms with van der Waals surface area (Å²) in [5, 5.41) is 0. The van der Waals surface area contributed by atoms with Crippen molar-refractivity contribution in [2.45, 2.75) is 6.54 Å². The van der Waals surface area contributed by atoms with Crippen LogP contribution in [-0.4, -0.2) is 56.8 Å². The summed E-state index contributed by atoms with van der Waals surface area (Å²) in [5.41, 5.74) is 2.29. The number of halogens is 1. The van der Waals surface area contributed by atoms with Gasteiger partial charge in [0.15, 0.2) is 0 Å². The maximum Gasteiger partial charge on any atom is 0.255 e. The van der Waals surface area contributed by atoms with E-state index in [-0.39, 0.29) is 5.91 Å². The molecule has 0 atom stereocenters. The van der Waals surface area contributed by atoms with Crippen molar-refractivity contribution in [3.63, 3.8) is 0 Å². The number of aromatic amines is 1. The molecule has 6 nitrogen and oxygen atoms in total. The van der Waals surface area contributed by atoms with Crippen molar-refractivity contribution in [2.24, 2.45) is 0 Å². The van der Waals surface area contributed by atoms with Crippen LogP contribution in [0.1, 0.15) is 16.2 Å². The predicted molar refractivity (Wildman–Crippen MR) is 91.5 cm³/mol. The Morgan fingerprint density at radius 3 is 2.72 bits per heavy atom. The van der Waals surface area contributed by atoms with Crippen LogP contribution in [0.5, 0.6) is 0 Å². The van der Waals surface area contributed by atoms with Gasteiger partial charge >= 0.3 is 0 Å². The second-order valence-electron chi connectivity index (χ2n) is 6.16. The fourth-order valence-electron chi connectivity index (χ4n) is 3.11. The lowest BCUT2D eigenvalue weighted by atomic mass is 10.2. The predicted octanol–water partition coefficient (Wildman–Crippen LogP) is 2.05. The third kappa shape index (κ3) is 3.36. The molecule has 1 amide bonds. The van der Waals surface area contributed by atoms with Crippen LogP contribution in [0.25, 0.3) is 11.0 Å². The molecule has 0 radical (unpaired) electrons. The van der Waals surface area contributed by atoms with E-state index in [4.69, 9.17) is 0 Å². The van der Waals surface area contributed by atoms with Crippen molar-refractivity contribution >= 4 is 16.9 Å². The van der Waals surface area contributed by atoms with Crippen molar-refractivity contribution in [1.82, 2.24) is 24.8 Å². The number of rotatable bonds is 3. The lowest BCUT2D eigenvalue weighted by molar-refractivity contribution is 0.0625. The molecule has 3 aromatic rings. The van der Waals surface area contributed by atoms with Crippen molar-refractivity contribution in [3.05, 3.63) is 59.9 Å². The minimum absolute atomic E-state index is 0.171. The smallest absolute Gasteiger partial charge is 0.255 e. The topological polar surface area (TPSA) is 65.1 Å². The Morgan fingerprint density at radius 1 is 1.16 bits per heavy atom. The number of carbonyl (C=O) groups excluding carboxylic acids is 1. The molecule has 0 bridgehead atoms. The van der Waals surface area contributed by atoms with E-state index in [9.17, 15) is 9.18 Å². The summed E-state index contributed by atoms with van der Waals surface area (Å²) in [6, 6.07) is 9.18. The highest BCUT2D eigenvalue weighted by Gasteiger charge is 2.23. The maximum atomic E-state index is 13.2. The number of nitrogens with one attached hydrogen (secondary N) is 1. The number of hydrogen-bond acceptors (Lipinski definition) is 4. The molecule has 0 unspecified atom stereocenters. The first-order valence-corrected chi connectivity index (χ1v) is 8.25. The molecule has 1 aliphatic rings. The van der Waals surface area contributed by atoms with E-state index in [0.29, 0.717) is 18.7 Å². The van der Waals surface area contributed by atoms with Crippen molar-refractivity contribution in [2.75, 3.05) is 26.2 Å². The molecule has 25 heavy (non-hydrogen) atoms. The largest absolute Gasteiger partial charge is 0.341 e. The highest BCUT2D eigenvalue weighted by molar-refractivity contribution is 5.94. The Kier molecular flexibility index (Phi) is 4.15. The van der Waals surface area contributed by atoms with E-state index >= 15 is 0 Å². The standard InChI is InChI=1S/C18H18FN5O/c19-14-9-13(10-20-11-14)18(25)24-7-5-23(6-8-24)12-17-21-15-3-1-2-4-16(15)22-17/h1-4,9-11H,5-8,12H2,(H,21,22). The minimum atomic E-state index is -0.491. The molecule has 4 rings (SSSR count). The number of imidazole rings is 1. The SMILES string of the molecule is O=C(c1cncc(F)c1)N1CCN(Cc2nc3ccccc3[nH]2)CC1. The Morgan fingerprint density at radius 2 is 1.96 bits per heavy atom. The first kappa shape index (κ1) is 15.7. The monoisotopic (exact) mass is 339 g/mol. The van der Waals surface area contributed by atoms with E-state index < -0.39 is 5.82 Å². The molecule has 1 aliphatic heterocycles. The van der Waals surface area contributed by atoms with E-state index in [1.54, 1.807) is 4.90 Å². The lowest BCUT2D eigenvalue weighted by Gasteiger charge is -2.34. The number of aromatic nitrogens is 3. The maximum absolute atomic E-state index is 13.2. The Bertz CT molecular complexity index is 868. The number of carbonyl (C=O) groups is 1. The number of fused-ring (bicyclic) bond motifs is 1. The number of piperazine rings is 1. The lowest BCUT2D eigenvalue weighted by Crippen LogP contribution is -2.48. The van der Waals surface area contributed by atoms with Crippen LogP contribution in [0.2, 0.25) is 0 Å². The molecule has 0 saturated carbocycles. The molecular weight excluding hydrogens is 321 g/mol. The molecule has 0 spiro atoms. The van der Waals surface area contributed by atoms with Crippen LogP contribution in [0, 0.1) is 5.82 Å². The summed E-state index contributed by atoms with van der Waals surface area (Å²) < 4.78 is 13.2. The number of nitrogens with zero attached hydrogens (tertiary/aromatic N) is 4. The minimum Gasteiger partial charge on any atom is -0.341 e. The zero-order valence-corrected chi connectivity index (χ0v) is 13.7. The van der Waals surface area contributed by atoms with Gasteiger partial charge in [0.25, 0.3) is 5.91 Å². The number of pyridine rings is 1. The summed E-state index contributed by atoms with van der Waals surface area (Å²) in [7, 11) is 0. The van der Waals surface area contributed by atoms with Gasteiger partial charge in [0.05, 0.1) is 29.3 Å². The fourth-order valence-corrected chi connectivity index (χ4v) is 3.11. The summed E-state index contributed by atoms with van der Waals surface area (Å²) in [6.45, 7) is 3.44. The van der Waals surface area contributed by atoms with E-state index in [1.165, 1.54) is 12.3 Å². The molecule has 0 aliphatic carbocycles. The molecule has 1 saturated heterocycles. The molecular formula is C18H18FN5O. The van der Waals surface area contributed by atoms with Gasteiger partial charge in [-0.05, 0) is 18.2 Å². The van der Waals surface area contributed by atoms with Crippen LogP contribution in [0.3, 0.4) is 0 Å². The van der Waals surface area contributed by atoms with Crippen LogP contribution in [0.4, 0.5) is 4.39 Å². The Labute approximate surface area is 144 Å². The zero-order valence-electron chi connectivity index (χ0n) is 13.7. The third-order valence-corrected chi connectivity index (χ3v) is 4.42. The molecule has 1 fully saturated rings. The second-order valence-corrected chi connectivity index (χ2v) is 6.16. The molecule has 1 N–H and O–H groups in total. The van der Waals surface area contributed by atoms with Crippen molar-refractivity contribution in [3.8, 4) is 0 Å². The Balaban J connectivity index is 1.37. The van der Waals surface area contributed by atoms with Gasteiger partial charge in [0.1, 0.15) is 11.6 Å². The molecule has 3 heterocycles. The van der Waals surface area contributed by atoms with Crippen LogP contribution >= 0.6 is 0 Å². The number of amides is 1. The quantitative estimate of drug-likeness (QED) is 0.793. The number of H-pyrrole nitrogens is 1. The summed E-state index contributed by atoms with van der Waals surface area (Å²) in [4.78, 5) is 28.1. The van der Waals surface area contributed by atoms with E-state index in [0.717, 1.165) is 42.7 Å². The first-order chi connectivity index (χ1) is 12.2. The summed E-state index contributed by atoms with van der Waals surface area (Å²) >= 11 is 0. The van der Waals surface area contributed by atoms with Gasteiger partial charge in [0, 0.05) is 32.4 Å². The van der Waals surface area contributed by atoms with E-state index in [1.807, 2.05) is 24.3 Å². The number of hydrogen-bond donors (Lipinski definition) is 1. The molecule has 7 heteroatoms. The average Bonchev–Trinajstić information content (AvgIpc) is 3.04. The van der Waals surface area contributed by atoms with Crippen LogP contribution in [0.15, 0.2) is 42.7 Å². The van der Waals surface area contributed by atoms with Crippen molar-refractivity contribution in [1.29, 1.82) is 0 Å². The number of benzene rings is 1. The molecule has 2 aromatic heterocycles. The van der Waals surface area contributed by atoms with Gasteiger partial charge in [-0.1, -0.05) is 12.1 Å². The third-order valence-electron chi connectivity index (χ3n) is 4.42. The second kappa shape index (κ2) is 6.60. The van der Waals surface area contributed by atoms with Crippen molar-refractivity contribution < 1.29 is 9.18 Å². The summed E-state index contributed by atoms with van der Waals surface area (Å²) in [5.74, 6) is 0.264. The molecule has 128 valence electrons. The van der Waals surface area contributed by atoms with Gasteiger partial charge in [-0.15, -0.1) is 0 Å². The van der Waals surface area contributed by atoms with E-state index in [2.05, 4.69) is 19.9 Å². The normalized spacial score (nSPS) is 15.6. The van der Waals surface area contributed by atoms with Gasteiger partial charge < -0.3 is 9.88 Å². The Hall–Kier alpha value is -2.80. The summed E-state index contributed by atoms with van der Waals surface area (Å²) in [6.07, 6.45) is 2.51.